The van der Waals surface area contributed by atoms with Gasteiger partial charge in [0, 0.05) is 50.9 Å². The lowest BCUT2D eigenvalue weighted by Crippen LogP contribution is -2.79. The van der Waals surface area contributed by atoms with Gasteiger partial charge in [0.15, 0.2) is 0 Å². The summed E-state index contributed by atoms with van der Waals surface area (Å²) in [7, 11) is -2.38. The van der Waals surface area contributed by atoms with Gasteiger partial charge in [-0.05, 0) is 158 Å². The Bertz CT molecular complexity index is 3610. The number of hydrogen-bond donors (Lipinski definition) is 0. The number of benzene rings is 8. The maximum Gasteiger partial charge on any atom is 0.251 e. The predicted molar refractivity (Wildman–Crippen MR) is 327 cm³/mol. The molecule has 0 N–H and O–H groups in total. The van der Waals surface area contributed by atoms with Crippen LogP contribution in [0.25, 0.3) is 22.3 Å². The largest absolute Gasteiger partial charge is 0.334 e. The molecule has 3 nitrogen and oxygen atoms in total. The van der Waals surface area contributed by atoms with Crippen molar-refractivity contribution in [2.75, 3.05) is 14.7 Å². The Labute approximate surface area is 449 Å². The Morgan fingerprint density at radius 2 is 0.853 bits per heavy atom. The minimum atomic E-state index is -2.38. The van der Waals surface area contributed by atoms with Crippen LogP contribution < -0.4 is 41.5 Å². The van der Waals surface area contributed by atoms with Crippen LogP contribution in [0, 0.1) is 0 Å². The Balaban J connectivity index is 1.16. The number of nitrogens with zero attached hydrogens (tertiary/aromatic N) is 3. The molecule has 2 unspecified atom stereocenters. The summed E-state index contributed by atoms with van der Waals surface area (Å²) < 4.78 is 0. The monoisotopic (exact) mass is 996 g/mol. The lowest BCUT2D eigenvalue weighted by Gasteiger charge is -2.52. The van der Waals surface area contributed by atoms with Crippen molar-refractivity contribution < 1.29 is 0 Å². The molecule has 0 bridgehead atoms. The number of anilines is 8. The highest BCUT2D eigenvalue weighted by atomic mass is 28.3. The summed E-state index contributed by atoms with van der Waals surface area (Å²) in [5.41, 5.74) is 25.1. The summed E-state index contributed by atoms with van der Waals surface area (Å²) in [6, 6.07) is 64.3. The molecule has 0 radical (unpaired) electrons. The first kappa shape index (κ1) is 48.1. The third-order valence-electron chi connectivity index (χ3n) is 19.0. The van der Waals surface area contributed by atoms with Gasteiger partial charge in [-0.2, -0.15) is 0 Å². The first-order valence-electron chi connectivity index (χ1n) is 28.0. The Morgan fingerprint density at radius 1 is 0.413 bits per heavy atom. The van der Waals surface area contributed by atoms with E-state index in [9.17, 15) is 0 Å². The predicted octanol–water partition coefficient (Wildman–Crippen LogP) is 15.9. The minimum absolute atomic E-state index is 0.0275. The molecule has 8 aromatic carbocycles. The van der Waals surface area contributed by atoms with Crippen molar-refractivity contribution in [2.24, 2.45) is 0 Å². The van der Waals surface area contributed by atoms with Crippen molar-refractivity contribution in [1.29, 1.82) is 0 Å². The molecule has 5 aliphatic rings. The van der Waals surface area contributed by atoms with Gasteiger partial charge in [-0.15, -0.1) is 0 Å². The summed E-state index contributed by atoms with van der Waals surface area (Å²) >= 11 is 0. The number of rotatable bonds is 5. The van der Waals surface area contributed by atoms with E-state index in [1.54, 1.807) is 10.4 Å². The van der Waals surface area contributed by atoms with E-state index in [1.165, 1.54) is 119 Å². The topological polar surface area (TPSA) is 9.72 Å². The fraction of sp³-hybridized carbons (Fsp3) is 0.314. The highest BCUT2D eigenvalue weighted by Gasteiger charge is 2.59. The second-order valence-electron chi connectivity index (χ2n) is 27.0. The van der Waals surface area contributed by atoms with Crippen molar-refractivity contribution in [3.63, 3.8) is 0 Å². The number of fused-ring (bicyclic) bond motifs is 3. The van der Waals surface area contributed by atoms with Gasteiger partial charge in [0.25, 0.3) is 6.71 Å². The molecule has 0 amide bonds. The summed E-state index contributed by atoms with van der Waals surface area (Å²) in [6.45, 7) is 32.0. The quantitative estimate of drug-likeness (QED) is 0.159. The molecule has 4 aliphatic heterocycles. The second-order valence-corrected chi connectivity index (χ2v) is 31.3. The van der Waals surface area contributed by atoms with Crippen LogP contribution >= 0.6 is 0 Å². The average molecular weight is 996 g/mol. The third kappa shape index (κ3) is 7.05. The van der Waals surface area contributed by atoms with Crippen LogP contribution in [-0.4, -0.2) is 20.3 Å². The van der Waals surface area contributed by atoms with E-state index in [0.29, 0.717) is 0 Å². The maximum absolute atomic E-state index is 2.83. The fourth-order valence-electron chi connectivity index (χ4n) is 14.4. The molecule has 376 valence electrons. The van der Waals surface area contributed by atoms with Crippen molar-refractivity contribution in [3.05, 3.63) is 186 Å². The van der Waals surface area contributed by atoms with E-state index in [-0.39, 0.29) is 33.9 Å². The van der Waals surface area contributed by atoms with E-state index in [2.05, 4.69) is 268 Å². The molecule has 0 aromatic heterocycles. The average Bonchev–Trinajstić information content (AvgIpc) is 3.78. The van der Waals surface area contributed by atoms with Gasteiger partial charge in [0.1, 0.15) is 8.07 Å². The van der Waals surface area contributed by atoms with Crippen LogP contribution in [0.4, 0.5) is 45.5 Å². The minimum Gasteiger partial charge on any atom is -0.334 e. The zero-order chi connectivity index (χ0) is 52.4. The summed E-state index contributed by atoms with van der Waals surface area (Å²) in [5, 5.41) is 3.17. The van der Waals surface area contributed by atoms with Crippen LogP contribution in [0.15, 0.2) is 164 Å². The molecular weight excluding hydrogens is 922 g/mol. The van der Waals surface area contributed by atoms with E-state index < -0.39 is 8.07 Å². The van der Waals surface area contributed by atoms with Gasteiger partial charge in [0.05, 0.1) is 5.54 Å². The van der Waals surface area contributed by atoms with Gasteiger partial charge in [-0.3, -0.25) is 0 Å². The summed E-state index contributed by atoms with van der Waals surface area (Å²) in [5.74, 6) is 0. The Hall–Kier alpha value is -6.56. The normalized spacial score (nSPS) is 20.0. The molecule has 1 fully saturated rings. The Morgan fingerprint density at radius 3 is 1.36 bits per heavy atom. The SMILES string of the molecule is CC(C)(C)c1ccc(N2c3cc(N4c5ccc(-c6ccccc6)cc5C5(C)CCCCC45C)cc4c3B3c5c(cc(C(C)(C)C)cc5[Si](C)(C)c5cc(C(C)(C)C)cc2c53)N4c2ccc(-c3ccccc3)cc2)cc1. The van der Waals surface area contributed by atoms with Gasteiger partial charge in [-0.1, -0.05) is 209 Å². The zero-order valence-corrected chi connectivity index (χ0v) is 47.8. The highest BCUT2D eigenvalue weighted by molar-refractivity contribution is 7.16. The smallest absolute Gasteiger partial charge is 0.251 e. The van der Waals surface area contributed by atoms with Gasteiger partial charge in [0.2, 0.25) is 0 Å². The highest BCUT2D eigenvalue weighted by Crippen LogP contribution is 2.62. The number of hydrogen-bond acceptors (Lipinski definition) is 3. The van der Waals surface area contributed by atoms with Crippen molar-refractivity contribution >= 4 is 87.0 Å². The van der Waals surface area contributed by atoms with E-state index >= 15 is 0 Å². The molecule has 75 heavy (non-hydrogen) atoms. The van der Waals surface area contributed by atoms with Gasteiger partial charge in [-0.25, -0.2) is 0 Å². The molecule has 4 heterocycles. The fourth-order valence-corrected chi connectivity index (χ4v) is 17.7. The summed E-state index contributed by atoms with van der Waals surface area (Å²) in [6.07, 6.45) is 4.74. The summed E-state index contributed by atoms with van der Waals surface area (Å²) in [4.78, 5) is 8.27. The molecule has 0 spiro atoms. The lowest BCUT2D eigenvalue weighted by molar-refractivity contribution is 0.195. The van der Waals surface area contributed by atoms with Crippen molar-refractivity contribution in [2.45, 2.75) is 142 Å². The first-order chi connectivity index (χ1) is 35.6. The van der Waals surface area contributed by atoms with Crippen molar-refractivity contribution in [1.82, 2.24) is 0 Å². The Kier molecular flexibility index (Phi) is 10.4. The molecule has 1 saturated carbocycles. The molecule has 8 aromatic rings. The molecule has 1 aliphatic carbocycles. The van der Waals surface area contributed by atoms with E-state index in [1.807, 2.05) is 0 Å². The van der Waals surface area contributed by atoms with E-state index in [4.69, 9.17) is 0 Å². The molecular formula is C70H74BN3Si. The molecule has 5 heteroatoms. The third-order valence-corrected chi connectivity index (χ3v) is 22.6. The molecule has 2 atom stereocenters. The second kappa shape index (κ2) is 16.2. The first-order valence-corrected chi connectivity index (χ1v) is 31.0. The molecule has 0 saturated heterocycles. The van der Waals surface area contributed by atoms with Crippen LogP contribution in [0.5, 0.6) is 0 Å². The zero-order valence-electron chi connectivity index (χ0n) is 46.8. The van der Waals surface area contributed by atoms with Crippen LogP contribution in [0.2, 0.25) is 13.1 Å². The molecule has 13 rings (SSSR count). The van der Waals surface area contributed by atoms with Crippen LogP contribution in [-0.2, 0) is 21.7 Å². The van der Waals surface area contributed by atoms with Crippen molar-refractivity contribution in [3.8, 4) is 22.3 Å². The van der Waals surface area contributed by atoms with Crippen LogP contribution in [0.3, 0.4) is 0 Å². The van der Waals surface area contributed by atoms with Gasteiger partial charge >= 0.3 is 0 Å². The van der Waals surface area contributed by atoms with Gasteiger partial charge < -0.3 is 14.7 Å². The maximum atomic E-state index is 2.83. The van der Waals surface area contributed by atoms with E-state index in [0.717, 1.165) is 12.8 Å². The van der Waals surface area contributed by atoms with Crippen LogP contribution in [0.1, 0.15) is 124 Å². The standard InChI is InChI=1S/C70H74BN3Si/c1-66(2,3)49-29-33-53(34-30-49)73-58-40-51(68(7,8)9)42-62-65(58)71-63-59(43-54(44-60(63)73)74-56-35-28-48(46-24-18-15-19-25-46)38-55(56)69(10)36-20-21-37-70(69,74)11)72(52-31-26-47(27-32-52)45-22-16-14-17-23-45)57-39-50(67(4,5)6)41-61(64(57)71)75(62,12)13/h14-19,22-35,38-44H,20-21,36-37H2,1-13H3. The lowest BCUT2D eigenvalue weighted by atomic mass is 9.33.